The molecule has 5 nitrogen and oxygen atoms in total. The number of hydrogen-bond acceptors (Lipinski definition) is 3. The highest BCUT2D eigenvalue weighted by Gasteiger charge is 1.96. The van der Waals surface area contributed by atoms with Crippen molar-refractivity contribution in [1.29, 1.82) is 0 Å². The molecule has 1 amide bonds. The number of nitrogens with two attached hydrogens (primary N) is 1. The maximum absolute atomic E-state index is 10.0. The van der Waals surface area contributed by atoms with Gasteiger partial charge in [-0.05, 0) is 0 Å². The smallest absolute Gasteiger partial charge is 0.376 e. The molecule has 1 heterocycles. The first-order valence-corrected chi connectivity index (χ1v) is 2.25. The van der Waals surface area contributed by atoms with Gasteiger partial charge in [-0.3, -0.25) is 0 Å². The second-order valence-electron chi connectivity index (χ2n) is 1.32. The van der Waals surface area contributed by atoms with Crippen LogP contribution in [0.5, 0.6) is 6.01 Å². The molecule has 9 heavy (non-hydrogen) atoms. The minimum Gasteiger partial charge on any atom is -0.376 e. The Kier molecular flexibility index (Phi) is 1.35. The van der Waals surface area contributed by atoms with Gasteiger partial charge in [-0.15, -0.1) is 0 Å². The Morgan fingerprint density at radius 3 is 3.11 bits per heavy atom. The van der Waals surface area contributed by atoms with Crippen LogP contribution in [0.25, 0.3) is 0 Å². The van der Waals surface area contributed by atoms with E-state index in [1.54, 1.807) is 0 Å². The largest absolute Gasteiger partial charge is 0.412 e. The molecule has 0 bridgehead atoms. The standard InChI is InChI=1S/C4H5N3O2/c5-3(8)9-4-6-1-2-7-4/h1-2H,(H2,5,8)(H,6,7). The van der Waals surface area contributed by atoms with Crippen molar-refractivity contribution in [2.75, 3.05) is 0 Å². The van der Waals surface area contributed by atoms with E-state index in [-0.39, 0.29) is 6.01 Å². The molecule has 0 aromatic carbocycles. The number of H-pyrrole nitrogens is 1. The van der Waals surface area contributed by atoms with Gasteiger partial charge in [0.25, 0.3) is 0 Å². The number of hydrogen-bond donors (Lipinski definition) is 2. The number of carbonyl (C=O) groups is 1. The molecule has 0 saturated heterocycles. The predicted molar refractivity (Wildman–Crippen MR) is 28.8 cm³/mol. The first-order chi connectivity index (χ1) is 4.29. The van der Waals surface area contributed by atoms with Gasteiger partial charge >= 0.3 is 12.1 Å². The first-order valence-electron chi connectivity index (χ1n) is 2.25. The van der Waals surface area contributed by atoms with Crippen LogP contribution in [0.2, 0.25) is 0 Å². The molecular formula is C4H5N3O2. The molecule has 0 aliphatic heterocycles. The van der Waals surface area contributed by atoms with Crippen molar-refractivity contribution in [1.82, 2.24) is 9.97 Å². The minimum absolute atomic E-state index is 0.113. The Balaban J connectivity index is 2.58. The van der Waals surface area contributed by atoms with Crippen molar-refractivity contribution in [3.8, 4) is 6.01 Å². The van der Waals surface area contributed by atoms with E-state index in [2.05, 4.69) is 20.4 Å². The maximum Gasteiger partial charge on any atom is 0.412 e. The molecule has 0 atom stereocenters. The zero-order valence-electron chi connectivity index (χ0n) is 4.50. The molecule has 0 aliphatic rings. The summed E-state index contributed by atoms with van der Waals surface area (Å²) < 4.78 is 4.33. The average Bonchev–Trinajstić information content (AvgIpc) is 2.15. The molecule has 0 spiro atoms. The molecule has 1 aromatic heterocycles. The molecule has 0 aliphatic carbocycles. The number of amides is 1. The summed E-state index contributed by atoms with van der Waals surface area (Å²) in [6.07, 6.45) is 2.11. The van der Waals surface area contributed by atoms with E-state index in [9.17, 15) is 4.79 Å². The zero-order chi connectivity index (χ0) is 6.69. The van der Waals surface area contributed by atoms with E-state index in [1.165, 1.54) is 12.4 Å². The summed E-state index contributed by atoms with van der Waals surface area (Å²) in [6.45, 7) is 0. The summed E-state index contributed by atoms with van der Waals surface area (Å²) in [6, 6.07) is 0.113. The van der Waals surface area contributed by atoms with Crippen LogP contribution in [0.4, 0.5) is 4.79 Å². The van der Waals surface area contributed by atoms with Crippen LogP contribution >= 0.6 is 0 Å². The van der Waals surface area contributed by atoms with Crippen LogP contribution in [-0.4, -0.2) is 16.1 Å². The molecule has 0 radical (unpaired) electrons. The molecule has 0 saturated carbocycles. The number of carbonyl (C=O) groups excluding carboxylic acids is 1. The third-order valence-electron chi connectivity index (χ3n) is 0.670. The SMILES string of the molecule is NC(=O)Oc1ncc[nH]1. The van der Waals surface area contributed by atoms with E-state index in [1.807, 2.05) is 0 Å². The molecule has 5 heteroatoms. The van der Waals surface area contributed by atoms with E-state index < -0.39 is 6.09 Å². The van der Waals surface area contributed by atoms with Crippen molar-refractivity contribution >= 4 is 6.09 Å². The Hall–Kier alpha value is -1.52. The first kappa shape index (κ1) is 5.61. The van der Waals surface area contributed by atoms with Crippen molar-refractivity contribution in [3.05, 3.63) is 12.4 Å². The molecule has 0 fully saturated rings. The quantitative estimate of drug-likeness (QED) is 0.551. The number of ether oxygens (including phenoxy) is 1. The highest BCUT2D eigenvalue weighted by molar-refractivity contribution is 5.66. The Labute approximate surface area is 50.8 Å². The number of primary amides is 1. The molecule has 3 N–H and O–H groups in total. The van der Waals surface area contributed by atoms with Gasteiger partial charge in [0.1, 0.15) is 0 Å². The van der Waals surface area contributed by atoms with E-state index >= 15 is 0 Å². The lowest BCUT2D eigenvalue weighted by Gasteiger charge is -1.90. The molecule has 1 rings (SSSR count). The average molecular weight is 127 g/mol. The van der Waals surface area contributed by atoms with Gasteiger partial charge in [-0.25, -0.2) is 9.78 Å². The van der Waals surface area contributed by atoms with Gasteiger partial charge in [0.2, 0.25) is 0 Å². The second-order valence-corrected chi connectivity index (χ2v) is 1.32. The summed E-state index contributed by atoms with van der Waals surface area (Å²) in [5.74, 6) is 0. The Bertz CT molecular complexity index is 194. The highest BCUT2D eigenvalue weighted by Crippen LogP contribution is 1.96. The fraction of sp³-hybridized carbons (Fsp3) is 0. The molecule has 1 aromatic rings. The Morgan fingerprint density at radius 1 is 1.89 bits per heavy atom. The molecule has 48 valence electrons. The summed E-state index contributed by atoms with van der Waals surface area (Å²) in [5, 5.41) is 0. The number of rotatable bonds is 1. The normalized spacial score (nSPS) is 8.89. The van der Waals surface area contributed by atoms with Crippen LogP contribution in [0, 0.1) is 0 Å². The third kappa shape index (κ3) is 1.45. The summed E-state index contributed by atoms with van der Waals surface area (Å²) >= 11 is 0. The van der Waals surface area contributed by atoms with Crippen LogP contribution in [0.3, 0.4) is 0 Å². The lowest BCUT2D eigenvalue weighted by molar-refractivity contribution is 0.207. The van der Waals surface area contributed by atoms with Crippen LogP contribution in [-0.2, 0) is 0 Å². The van der Waals surface area contributed by atoms with Crippen molar-refractivity contribution in [2.45, 2.75) is 0 Å². The lowest BCUT2D eigenvalue weighted by Crippen LogP contribution is -2.16. The van der Waals surface area contributed by atoms with Gasteiger partial charge in [-0.1, -0.05) is 0 Å². The third-order valence-corrected chi connectivity index (χ3v) is 0.670. The highest BCUT2D eigenvalue weighted by atomic mass is 16.6. The van der Waals surface area contributed by atoms with Crippen LogP contribution < -0.4 is 10.5 Å². The van der Waals surface area contributed by atoms with Gasteiger partial charge in [0, 0.05) is 12.4 Å². The summed E-state index contributed by atoms with van der Waals surface area (Å²) in [7, 11) is 0. The van der Waals surface area contributed by atoms with Crippen molar-refractivity contribution in [3.63, 3.8) is 0 Å². The van der Waals surface area contributed by atoms with Crippen LogP contribution in [0.15, 0.2) is 12.4 Å². The van der Waals surface area contributed by atoms with Crippen molar-refractivity contribution in [2.24, 2.45) is 5.73 Å². The molecular weight excluding hydrogens is 122 g/mol. The van der Waals surface area contributed by atoms with Gasteiger partial charge < -0.3 is 15.5 Å². The van der Waals surface area contributed by atoms with Gasteiger partial charge in [-0.2, -0.15) is 0 Å². The number of aromatic amines is 1. The fourth-order valence-corrected chi connectivity index (χ4v) is 0.402. The van der Waals surface area contributed by atoms with E-state index in [0.717, 1.165) is 0 Å². The maximum atomic E-state index is 10.0. The molecule has 0 unspecified atom stereocenters. The van der Waals surface area contributed by atoms with E-state index in [4.69, 9.17) is 0 Å². The van der Waals surface area contributed by atoms with Crippen LogP contribution in [0.1, 0.15) is 0 Å². The Morgan fingerprint density at radius 2 is 2.67 bits per heavy atom. The second kappa shape index (κ2) is 2.17. The zero-order valence-corrected chi connectivity index (χ0v) is 4.50. The summed E-state index contributed by atoms with van der Waals surface area (Å²) in [5.41, 5.74) is 4.66. The monoisotopic (exact) mass is 127 g/mol. The lowest BCUT2D eigenvalue weighted by atomic mass is 11.0. The number of imidazole rings is 1. The van der Waals surface area contributed by atoms with Gasteiger partial charge in [0.05, 0.1) is 0 Å². The van der Waals surface area contributed by atoms with E-state index in [0.29, 0.717) is 0 Å². The van der Waals surface area contributed by atoms with Crippen molar-refractivity contribution < 1.29 is 9.53 Å². The minimum atomic E-state index is -0.870. The topological polar surface area (TPSA) is 81.0 Å². The number of nitrogens with one attached hydrogen (secondary N) is 1. The number of nitrogens with zero attached hydrogens (tertiary/aromatic N) is 1. The van der Waals surface area contributed by atoms with Gasteiger partial charge in [0.15, 0.2) is 0 Å². The summed E-state index contributed by atoms with van der Waals surface area (Å²) in [4.78, 5) is 16.1. The fourth-order valence-electron chi connectivity index (χ4n) is 0.402. The predicted octanol–water partition coefficient (Wildman–Crippen LogP) is -0.133. The number of aromatic nitrogens is 2.